The van der Waals surface area contributed by atoms with Gasteiger partial charge in [-0.05, 0) is 50.4 Å². The molecule has 4 nitrogen and oxygen atoms in total. The fourth-order valence-electron chi connectivity index (χ4n) is 3.10. The van der Waals surface area contributed by atoms with Crippen LogP contribution in [0.3, 0.4) is 0 Å². The van der Waals surface area contributed by atoms with E-state index in [9.17, 15) is 9.90 Å². The Morgan fingerprint density at radius 2 is 2.00 bits per heavy atom. The summed E-state index contributed by atoms with van der Waals surface area (Å²) in [5.74, 6) is 0.983. The molecule has 2 N–H and O–H groups in total. The van der Waals surface area contributed by atoms with Gasteiger partial charge in [0.1, 0.15) is 6.04 Å². The van der Waals surface area contributed by atoms with E-state index in [-0.39, 0.29) is 12.0 Å². The first-order chi connectivity index (χ1) is 9.08. The Morgan fingerprint density at radius 3 is 2.47 bits per heavy atom. The molecule has 2 saturated carbocycles. The van der Waals surface area contributed by atoms with Crippen molar-refractivity contribution in [1.29, 1.82) is 0 Å². The number of methoxy groups -OCH3 is 1. The summed E-state index contributed by atoms with van der Waals surface area (Å²) in [7, 11) is 1.43. The first kappa shape index (κ1) is 14.8. The van der Waals surface area contributed by atoms with Crippen LogP contribution in [0.1, 0.15) is 51.9 Å². The molecule has 0 spiro atoms. The van der Waals surface area contributed by atoms with Gasteiger partial charge in [0.05, 0.1) is 12.7 Å². The maximum absolute atomic E-state index is 11.7. The van der Waals surface area contributed by atoms with E-state index in [0.717, 1.165) is 44.4 Å². The molecule has 4 heteroatoms. The molecule has 2 aliphatic rings. The number of nitrogens with one attached hydrogen (secondary N) is 1. The van der Waals surface area contributed by atoms with E-state index in [1.165, 1.54) is 13.5 Å². The van der Waals surface area contributed by atoms with Gasteiger partial charge in [-0.25, -0.2) is 0 Å². The standard InChI is InChI=1S/C15H27NO3/c1-3-11-6-8-15(18,9-7-11)10-16-13(12-4-5-12)14(17)19-2/h11-13,16,18H,3-10H2,1-2H3. The molecule has 0 amide bonds. The van der Waals surface area contributed by atoms with Gasteiger partial charge in [-0.15, -0.1) is 0 Å². The van der Waals surface area contributed by atoms with E-state index in [4.69, 9.17) is 4.74 Å². The number of hydrogen-bond acceptors (Lipinski definition) is 4. The minimum Gasteiger partial charge on any atom is -0.468 e. The van der Waals surface area contributed by atoms with E-state index in [1.54, 1.807) is 0 Å². The molecule has 0 bridgehead atoms. The minimum atomic E-state index is -0.632. The van der Waals surface area contributed by atoms with Gasteiger partial charge in [0.2, 0.25) is 0 Å². The second-order valence-corrected chi connectivity index (χ2v) is 6.30. The average molecular weight is 269 g/mol. The molecule has 0 aromatic rings. The third kappa shape index (κ3) is 3.93. The predicted molar refractivity (Wildman–Crippen MR) is 73.7 cm³/mol. The fourth-order valence-corrected chi connectivity index (χ4v) is 3.10. The normalized spacial score (nSPS) is 32.9. The molecule has 19 heavy (non-hydrogen) atoms. The minimum absolute atomic E-state index is 0.187. The summed E-state index contributed by atoms with van der Waals surface area (Å²) in [6.45, 7) is 2.73. The van der Waals surface area contributed by atoms with Gasteiger partial charge in [0.25, 0.3) is 0 Å². The number of hydrogen-bond donors (Lipinski definition) is 2. The predicted octanol–water partition coefficient (Wildman–Crippen LogP) is 1.86. The Balaban J connectivity index is 1.81. The van der Waals surface area contributed by atoms with Gasteiger partial charge < -0.3 is 15.2 Å². The van der Waals surface area contributed by atoms with Crippen LogP contribution in [0.4, 0.5) is 0 Å². The molecule has 2 aliphatic carbocycles. The molecule has 0 heterocycles. The zero-order valence-electron chi connectivity index (χ0n) is 12.2. The van der Waals surface area contributed by atoms with Crippen molar-refractivity contribution < 1.29 is 14.6 Å². The number of carbonyl (C=O) groups excluding carboxylic acids is 1. The van der Waals surface area contributed by atoms with E-state index in [2.05, 4.69) is 12.2 Å². The summed E-state index contributed by atoms with van der Waals surface area (Å²) in [5.41, 5.74) is -0.632. The van der Waals surface area contributed by atoms with Crippen LogP contribution in [-0.4, -0.2) is 36.4 Å². The molecule has 2 rings (SSSR count). The third-order valence-corrected chi connectivity index (χ3v) is 4.81. The lowest BCUT2D eigenvalue weighted by Crippen LogP contribution is -2.49. The van der Waals surface area contributed by atoms with Crippen molar-refractivity contribution in [3.8, 4) is 0 Å². The first-order valence-electron chi connectivity index (χ1n) is 7.61. The smallest absolute Gasteiger partial charge is 0.323 e. The average Bonchev–Trinajstić information content (AvgIpc) is 3.24. The van der Waals surface area contributed by atoms with E-state index in [0.29, 0.717) is 12.5 Å². The Morgan fingerprint density at radius 1 is 1.37 bits per heavy atom. The molecule has 1 unspecified atom stereocenters. The molecule has 0 aliphatic heterocycles. The summed E-state index contributed by atoms with van der Waals surface area (Å²) in [6.07, 6.45) is 7.26. The summed E-state index contributed by atoms with van der Waals surface area (Å²) in [5, 5.41) is 13.8. The number of carbonyl (C=O) groups is 1. The van der Waals surface area contributed by atoms with E-state index < -0.39 is 5.60 Å². The number of aliphatic hydroxyl groups is 1. The van der Waals surface area contributed by atoms with Gasteiger partial charge in [0.15, 0.2) is 0 Å². The maximum atomic E-state index is 11.7. The Bertz CT molecular complexity index is 307. The topological polar surface area (TPSA) is 58.6 Å². The Kier molecular flexibility index (Phi) is 4.85. The van der Waals surface area contributed by atoms with Crippen LogP contribution < -0.4 is 5.32 Å². The van der Waals surface area contributed by atoms with Gasteiger partial charge >= 0.3 is 5.97 Å². The van der Waals surface area contributed by atoms with Crippen molar-refractivity contribution in [2.24, 2.45) is 11.8 Å². The number of rotatable bonds is 6. The Labute approximate surface area is 115 Å². The zero-order valence-corrected chi connectivity index (χ0v) is 12.2. The van der Waals surface area contributed by atoms with Crippen LogP contribution in [0.15, 0.2) is 0 Å². The Hall–Kier alpha value is -0.610. The van der Waals surface area contributed by atoms with Gasteiger partial charge in [-0.1, -0.05) is 13.3 Å². The molecule has 0 saturated heterocycles. The van der Waals surface area contributed by atoms with Gasteiger partial charge in [-0.3, -0.25) is 4.79 Å². The van der Waals surface area contributed by atoms with Crippen LogP contribution >= 0.6 is 0 Å². The van der Waals surface area contributed by atoms with Crippen molar-refractivity contribution in [3.05, 3.63) is 0 Å². The SMILES string of the molecule is CCC1CCC(O)(CNC(C(=O)OC)C2CC2)CC1. The van der Waals surface area contributed by atoms with Crippen molar-refractivity contribution >= 4 is 5.97 Å². The highest BCUT2D eigenvalue weighted by molar-refractivity contribution is 5.76. The maximum Gasteiger partial charge on any atom is 0.323 e. The lowest BCUT2D eigenvalue weighted by atomic mass is 9.77. The van der Waals surface area contributed by atoms with Crippen LogP contribution in [0.5, 0.6) is 0 Å². The van der Waals surface area contributed by atoms with Gasteiger partial charge in [-0.2, -0.15) is 0 Å². The number of esters is 1. The summed E-state index contributed by atoms with van der Waals surface area (Å²) in [4.78, 5) is 11.7. The van der Waals surface area contributed by atoms with E-state index in [1.807, 2.05) is 0 Å². The van der Waals surface area contributed by atoms with Crippen LogP contribution in [-0.2, 0) is 9.53 Å². The molecule has 2 fully saturated rings. The molecule has 0 aromatic heterocycles. The van der Waals surface area contributed by atoms with Gasteiger partial charge in [0, 0.05) is 6.54 Å². The highest BCUT2D eigenvalue weighted by atomic mass is 16.5. The lowest BCUT2D eigenvalue weighted by Gasteiger charge is -2.36. The molecular formula is C15H27NO3. The molecule has 0 aromatic carbocycles. The molecular weight excluding hydrogens is 242 g/mol. The largest absolute Gasteiger partial charge is 0.468 e. The monoisotopic (exact) mass is 269 g/mol. The first-order valence-corrected chi connectivity index (χ1v) is 7.61. The second kappa shape index (κ2) is 6.23. The van der Waals surface area contributed by atoms with Crippen LogP contribution in [0.25, 0.3) is 0 Å². The van der Waals surface area contributed by atoms with Crippen LogP contribution in [0.2, 0.25) is 0 Å². The summed E-state index contributed by atoms with van der Waals surface area (Å²) in [6, 6.07) is -0.224. The number of ether oxygens (including phenoxy) is 1. The highest BCUT2D eigenvalue weighted by Crippen LogP contribution is 2.35. The molecule has 110 valence electrons. The summed E-state index contributed by atoms with van der Waals surface area (Å²) < 4.78 is 4.84. The zero-order chi connectivity index (χ0) is 13.9. The van der Waals surface area contributed by atoms with Crippen molar-refractivity contribution in [2.75, 3.05) is 13.7 Å². The van der Waals surface area contributed by atoms with Crippen LogP contribution in [0, 0.1) is 11.8 Å². The molecule has 1 atom stereocenters. The van der Waals surface area contributed by atoms with Crippen molar-refractivity contribution in [2.45, 2.75) is 63.5 Å². The molecule has 0 radical (unpaired) electrons. The van der Waals surface area contributed by atoms with Crippen molar-refractivity contribution in [3.63, 3.8) is 0 Å². The fraction of sp³-hybridized carbons (Fsp3) is 0.933. The van der Waals surface area contributed by atoms with Crippen molar-refractivity contribution in [1.82, 2.24) is 5.32 Å². The third-order valence-electron chi connectivity index (χ3n) is 4.81. The summed E-state index contributed by atoms with van der Waals surface area (Å²) >= 11 is 0. The van der Waals surface area contributed by atoms with E-state index >= 15 is 0 Å². The quantitative estimate of drug-likeness (QED) is 0.723. The highest BCUT2D eigenvalue weighted by Gasteiger charge is 2.39. The second-order valence-electron chi connectivity index (χ2n) is 6.30. The lowest BCUT2D eigenvalue weighted by molar-refractivity contribution is -0.144.